The number of hydrogen-bond donors (Lipinski definition) is 0. The van der Waals surface area contributed by atoms with E-state index in [0.717, 1.165) is 55.8 Å². The van der Waals surface area contributed by atoms with Crippen LogP contribution in [0.5, 0.6) is 0 Å². The van der Waals surface area contributed by atoms with E-state index in [4.69, 9.17) is 0 Å². The van der Waals surface area contributed by atoms with Crippen molar-refractivity contribution in [2.24, 2.45) is 0 Å². The van der Waals surface area contributed by atoms with Crippen LogP contribution in [0.1, 0.15) is 0 Å². The summed E-state index contributed by atoms with van der Waals surface area (Å²) in [4.78, 5) is 9.31. The number of rotatable bonds is 6. The van der Waals surface area contributed by atoms with Gasteiger partial charge in [-0.2, -0.15) is 0 Å². The highest BCUT2D eigenvalue weighted by Gasteiger charge is 2.26. The molecule has 7 aromatic carbocycles. The zero-order valence-corrected chi connectivity index (χ0v) is 30.4. The van der Waals surface area contributed by atoms with Gasteiger partial charge in [0.15, 0.2) is 0 Å². The second kappa shape index (κ2) is 13.1. The average Bonchev–Trinajstić information content (AvgIpc) is 3.81. The molecule has 0 fully saturated rings. The molecule has 0 aliphatic heterocycles. The number of aromatic nitrogens is 4. The maximum atomic E-state index is 4.67. The Morgan fingerprint density at radius 2 is 1.05 bits per heavy atom. The molecule has 0 unspecified atom stereocenters. The van der Waals surface area contributed by atoms with Gasteiger partial charge in [0, 0.05) is 51.1 Å². The Bertz CT molecular complexity index is 3200. The highest BCUT2D eigenvalue weighted by Crippen LogP contribution is 2.47. The molecule has 0 saturated heterocycles. The van der Waals surface area contributed by atoms with Gasteiger partial charge in [0.2, 0.25) is 0 Å². The normalized spacial score (nSPS) is 11.6. The molecule has 0 aliphatic carbocycles. The molecule has 0 aliphatic rings. The zero-order chi connectivity index (χ0) is 37.0. The van der Waals surface area contributed by atoms with Gasteiger partial charge < -0.3 is 9.13 Å². The molecule has 4 nitrogen and oxygen atoms in total. The summed E-state index contributed by atoms with van der Waals surface area (Å²) >= 11 is 0. The first-order valence-corrected chi connectivity index (χ1v) is 19.0. The van der Waals surface area contributed by atoms with Crippen LogP contribution >= 0.6 is 0 Å². The molecule has 4 aromatic heterocycles. The van der Waals surface area contributed by atoms with Crippen molar-refractivity contribution >= 4 is 43.5 Å². The third-order valence-electron chi connectivity index (χ3n) is 11.1. The van der Waals surface area contributed by atoms with Crippen molar-refractivity contribution in [3.05, 3.63) is 207 Å². The summed E-state index contributed by atoms with van der Waals surface area (Å²) in [5.41, 5.74) is 14.6. The summed E-state index contributed by atoms with van der Waals surface area (Å²) in [6, 6.07) is 67.4. The van der Waals surface area contributed by atoms with Gasteiger partial charge in [-0.05, 0) is 87.6 Å². The third kappa shape index (κ3) is 5.15. The molecular weight excluding hydrogens is 681 g/mol. The molecule has 0 saturated carbocycles. The standard InChI is InChI=1S/C52H34N4/c1-3-12-38(13-4-1)49-45-28-29-47-50(52(45)56(51(49)39-14-5-2-6-15-39)43-26-22-37(23-27-43)46-17-9-10-31-54-46)44-30-32-53-34-48(44)55(47)42-24-20-36(21-25-42)41-19-18-35-11-7-8-16-40(35)33-41/h1-34H. The molecule has 4 heteroatoms. The van der Waals surface area contributed by atoms with Crippen molar-refractivity contribution in [2.45, 2.75) is 0 Å². The van der Waals surface area contributed by atoms with Crippen molar-refractivity contribution in [1.82, 2.24) is 19.1 Å². The minimum absolute atomic E-state index is 0.953. The highest BCUT2D eigenvalue weighted by atomic mass is 15.0. The van der Waals surface area contributed by atoms with Crippen LogP contribution in [0.3, 0.4) is 0 Å². The summed E-state index contributed by atoms with van der Waals surface area (Å²) in [6.45, 7) is 0. The Balaban J connectivity index is 1.20. The van der Waals surface area contributed by atoms with E-state index in [1.807, 2.05) is 30.7 Å². The van der Waals surface area contributed by atoms with E-state index in [0.29, 0.717) is 0 Å². The van der Waals surface area contributed by atoms with Gasteiger partial charge in [-0.25, -0.2) is 0 Å². The van der Waals surface area contributed by atoms with E-state index in [1.54, 1.807) is 0 Å². The first-order chi connectivity index (χ1) is 27.8. The molecule has 56 heavy (non-hydrogen) atoms. The van der Waals surface area contributed by atoms with Crippen molar-refractivity contribution in [3.63, 3.8) is 0 Å². The van der Waals surface area contributed by atoms with Crippen molar-refractivity contribution in [3.8, 4) is 56.1 Å². The Morgan fingerprint density at radius 3 is 1.80 bits per heavy atom. The molecule has 0 radical (unpaired) electrons. The number of hydrogen-bond acceptors (Lipinski definition) is 2. The van der Waals surface area contributed by atoms with Gasteiger partial charge in [-0.3, -0.25) is 9.97 Å². The maximum absolute atomic E-state index is 4.67. The molecule has 0 spiro atoms. The first-order valence-electron chi connectivity index (χ1n) is 19.0. The van der Waals surface area contributed by atoms with E-state index in [1.165, 1.54) is 43.8 Å². The zero-order valence-electron chi connectivity index (χ0n) is 30.4. The Kier molecular flexibility index (Phi) is 7.46. The Hall–Kier alpha value is -7.56. The lowest BCUT2D eigenvalue weighted by Crippen LogP contribution is -1.98. The van der Waals surface area contributed by atoms with Crippen LogP contribution in [-0.2, 0) is 0 Å². The van der Waals surface area contributed by atoms with Crippen LogP contribution in [0.4, 0.5) is 0 Å². The maximum Gasteiger partial charge on any atom is 0.0725 e. The summed E-state index contributed by atoms with van der Waals surface area (Å²) in [5.74, 6) is 0. The fraction of sp³-hybridized carbons (Fsp3) is 0. The second-order valence-corrected chi connectivity index (χ2v) is 14.2. The topological polar surface area (TPSA) is 35.6 Å². The lowest BCUT2D eigenvalue weighted by atomic mass is 9.97. The lowest BCUT2D eigenvalue weighted by molar-refractivity contribution is 1.14. The molecular formula is C52H34N4. The predicted molar refractivity (Wildman–Crippen MR) is 232 cm³/mol. The fourth-order valence-electron chi connectivity index (χ4n) is 8.51. The minimum atomic E-state index is 0.953. The van der Waals surface area contributed by atoms with Crippen LogP contribution in [-0.4, -0.2) is 19.1 Å². The first kappa shape index (κ1) is 31.9. The van der Waals surface area contributed by atoms with Gasteiger partial charge in [-0.1, -0.05) is 133 Å². The Labute approximate surface area is 324 Å². The average molecular weight is 715 g/mol. The summed E-state index contributed by atoms with van der Waals surface area (Å²) in [6.07, 6.45) is 5.77. The van der Waals surface area contributed by atoms with E-state index in [2.05, 4.69) is 195 Å². The van der Waals surface area contributed by atoms with Crippen molar-refractivity contribution in [1.29, 1.82) is 0 Å². The molecule has 0 atom stereocenters. The SMILES string of the molecule is c1ccc(-c2c(-c3ccccc3)n(-c3ccc(-c4ccccn4)cc3)c3c2ccc2c3c3ccncc3n2-c2ccc(-c3ccc4ccccc4c3)cc2)cc1. The van der Waals surface area contributed by atoms with E-state index in [-0.39, 0.29) is 0 Å². The van der Waals surface area contributed by atoms with Crippen LogP contribution in [0.15, 0.2) is 207 Å². The summed E-state index contributed by atoms with van der Waals surface area (Å²) < 4.78 is 4.84. The van der Waals surface area contributed by atoms with Crippen LogP contribution < -0.4 is 0 Å². The lowest BCUT2D eigenvalue weighted by Gasteiger charge is -2.14. The molecule has 0 amide bonds. The van der Waals surface area contributed by atoms with E-state index >= 15 is 0 Å². The van der Waals surface area contributed by atoms with Crippen molar-refractivity contribution in [2.75, 3.05) is 0 Å². The molecule has 0 N–H and O–H groups in total. The highest BCUT2D eigenvalue weighted by molar-refractivity contribution is 6.24. The second-order valence-electron chi connectivity index (χ2n) is 14.2. The van der Waals surface area contributed by atoms with Gasteiger partial charge in [0.1, 0.15) is 0 Å². The number of nitrogens with zero attached hydrogens (tertiary/aromatic N) is 4. The molecule has 262 valence electrons. The molecule has 0 bridgehead atoms. The predicted octanol–water partition coefficient (Wildman–Crippen LogP) is 13.3. The number of pyridine rings is 2. The quantitative estimate of drug-likeness (QED) is 0.172. The minimum Gasteiger partial charge on any atom is -0.308 e. The van der Waals surface area contributed by atoms with Crippen LogP contribution in [0.25, 0.3) is 99.6 Å². The molecule has 4 heterocycles. The number of fused-ring (bicyclic) bond motifs is 6. The third-order valence-corrected chi connectivity index (χ3v) is 11.1. The summed E-state index contributed by atoms with van der Waals surface area (Å²) in [5, 5.41) is 6.02. The van der Waals surface area contributed by atoms with Crippen molar-refractivity contribution < 1.29 is 0 Å². The van der Waals surface area contributed by atoms with Gasteiger partial charge in [0.25, 0.3) is 0 Å². The smallest absolute Gasteiger partial charge is 0.0725 e. The van der Waals surface area contributed by atoms with E-state index in [9.17, 15) is 0 Å². The van der Waals surface area contributed by atoms with Gasteiger partial charge in [-0.15, -0.1) is 0 Å². The van der Waals surface area contributed by atoms with Gasteiger partial charge >= 0.3 is 0 Å². The Morgan fingerprint density at radius 1 is 0.393 bits per heavy atom. The monoisotopic (exact) mass is 714 g/mol. The van der Waals surface area contributed by atoms with Gasteiger partial charge in [0.05, 0.1) is 34.1 Å². The molecule has 11 aromatic rings. The number of benzene rings is 7. The molecule has 11 rings (SSSR count). The summed E-state index contributed by atoms with van der Waals surface area (Å²) in [7, 11) is 0. The van der Waals surface area contributed by atoms with Crippen LogP contribution in [0, 0.1) is 0 Å². The van der Waals surface area contributed by atoms with Crippen LogP contribution in [0.2, 0.25) is 0 Å². The largest absolute Gasteiger partial charge is 0.308 e. The fourth-order valence-corrected chi connectivity index (χ4v) is 8.51. The van der Waals surface area contributed by atoms with E-state index < -0.39 is 0 Å².